The van der Waals surface area contributed by atoms with E-state index >= 15 is 0 Å². The first kappa shape index (κ1) is 26.7. The zero-order chi connectivity index (χ0) is 25.6. The Hall–Kier alpha value is -2.92. The van der Waals surface area contributed by atoms with Crippen LogP contribution in [0.5, 0.6) is 11.5 Å². The molecule has 1 aromatic carbocycles. The molecule has 0 aliphatic heterocycles. The monoisotopic (exact) mass is 485 g/mol. The highest BCUT2D eigenvalue weighted by Gasteiger charge is 2.44. The third-order valence-electron chi connectivity index (χ3n) is 7.67. The van der Waals surface area contributed by atoms with Gasteiger partial charge in [0.05, 0.1) is 18.6 Å². The lowest BCUT2D eigenvalue weighted by atomic mass is 9.61. The minimum Gasteiger partial charge on any atom is -0.504 e. The number of carbonyl (C=O) groups is 1. The summed E-state index contributed by atoms with van der Waals surface area (Å²) in [5.74, 6) is 7.71. The number of nitrogens with two attached hydrogens (primary N) is 1. The van der Waals surface area contributed by atoms with Gasteiger partial charge in [0.1, 0.15) is 6.10 Å². The quantitative estimate of drug-likeness (QED) is 0.211. The molecule has 0 spiro atoms. The van der Waals surface area contributed by atoms with Gasteiger partial charge in [0, 0.05) is 39.3 Å². The molecule has 0 aromatic heterocycles. The highest BCUT2D eigenvalue weighted by Crippen LogP contribution is 2.46. The third kappa shape index (κ3) is 6.61. The van der Waals surface area contributed by atoms with E-state index in [4.69, 9.17) is 15.2 Å². The van der Waals surface area contributed by atoms with Gasteiger partial charge in [-0.2, -0.15) is 0 Å². The van der Waals surface area contributed by atoms with E-state index in [1.54, 1.807) is 19.2 Å². The zero-order valence-electron chi connectivity index (χ0n) is 21.2. The fraction of sp³-hybridized carbons (Fsp3) is 0.630. The molecule has 2 bridgehead atoms. The maximum atomic E-state index is 12.0. The molecule has 0 heterocycles. The topological polar surface area (TPSA) is 126 Å². The van der Waals surface area contributed by atoms with Gasteiger partial charge in [-0.3, -0.25) is 9.79 Å². The summed E-state index contributed by atoms with van der Waals surface area (Å²) < 4.78 is 11.0. The van der Waals surface area contributed by atoms with Crippen molar-refractivity contribution >= 4 is 11.9 Å². The Kier molecular flexibility index (Phi) is 8.90. The van der Waals surface area contributed by atoms with Crippen molar-refractivity contribution in [3.05, 3.63) is 23.8 Å². The zero-order valence-corrected chi connectivity index (χ0v) is 21.2. The lowest BCUT2D eigenvalue weighted by molar-refractivity contribution is -0.151. The van der Waals surface area contributed by atoms with E-state index in [1.807, 2.05) is 6.07 Å². The first-order valence-corrected chi connectivity index (χ1v) is 12.3. The van der Waals surface area contributed by atoms with Crippen molar-refractivity contribution in [3.8, 4) is 23.3 Å². The number of hydrogen-bond donors (Lipinski definition) is 4. The summed E-state index contributed by atoms with van der Waals surface area (Å²) in [5, 5.41) is 24.5. The number of hydrogen-bond acceptors (Lipinski definition) is 6. The second-order valence-electron chi connectivity index (χ2n) is 9.99. The Bertz CT molecular complexity index is 985. The number of methoxy groups -OCH3 is 1. The van der Waals surface area contributed by atoms with Crippen LogP contribution >= 0.6 is 0 Å². The lowest BCUT2D eigenvalue weighted by Gasteiger charge is -2.45. The van der Waals surface area contributed by atoms with E-state index in [0.29, 0.717) is 43.4 Å². The van der Waals surface area contributed by atoms with Gasteiger partial charge < -0.3 is 30.7 Å². The lowest BCUT2D eigenvalue weighted by Crippen LogP contribution is -2.48. The van der Waals surface area contributed by atoms with Crippen molar-refractivity contribution in [3.63, 3.8) is 0 Å². The van der Waals surface area contributed by atoms with Crippen LogP contribution in [-0.2, 0) is 16.0 Å². The van der Waals surface area contributed by atoms with E-state index in [0.717, 1.165) is 24.8 Å². The van der Waals surface area contributed by atoms with Crippen LogP contribution in [0.3, 0.4) is 0 Å². The Morgan fingerprint density at radius 2 is 2.14 bits per heavy atom. The molecule has 0 saturated heterocycles. The highest BCUT2D eigenvalue weighted by molar-refractivity contribution is 5.77. The number of benzene rings is 1. The van der Waals surface area contributed by atoms with E-state index in [1.165, 1.54) is 14.0 Å². The summed E-state index contributed by atoms with van der Waals surface area (Å²) in [4.78, 5) is 16.0. The van der Waals surface area contributed by atoms with Crippen LogP contribution in [-0.4, -0.2) is 55.1 Å². The molecule has 1 fully saturated rings. The molecule has 2 aliphatic carbocycles. The number of carbonyl (C=O) groups excluding carboxylic acids is 1. The van der Waals surface area contributed by atoms with E-state index in [2.05, 4.69) is 29.1 Å². The van der Waals surface area contributed by atoms with Gasteiger partial charge in [0.25, 0.3) is 0 Å². The van der Waals surface area contributed by atoms with Gasteiger partial charge in [-0.25, -0.2) is 0 Å². The Morgan fingerprint density at radius 1 is 1.37 bits per heavy atom. The van der Waals surface area contributed by atoms with Crippen LogP contribution in [0.1, 0.15) is 51.5 Å². The van der Waals surface area contributed by atoms with Crippen LogP contribution in [0.2, 0.25) is 0 Å². The number of phenols is 1. The van der Waals surface area contributed by atoms with Crippen LogP contribution < -0.4 is 15.8 Å². The average molecular weight is 486 g/mol. The molecule has 0 amide bonds. The molecule has 192 valence electrons. The number of rotatable bonds is 6. The summed E-state index contributed by atoms with van der Waals surface area (Å²) in [6.07, 6.45) is 2.96. The van der Waals surface area contributed by atoms with Gasteiger partial charge in [0.2, 0.25) is 0 Å². The van der Waals surface area contributed by atoms with Crippen LogP contribution in [0.15, 0.2) is 23.2 Å². The molecule has 8 heteroatoms. The van der Waals surface area contributed by atoms with Crippen molar-refractivity contribution in [2.75, 3.05) is 20.7 Å². The summed E-state index contributed by atoms with van der Waals surface area (Å²) >= 11 is 0. The van der Waals surface area contributed by atoms with Crippen molar-refractivity contribution < 1.29 is 24.5 Å². The summed E-state index contributed by atoms with van der Waals surface area (Å²) in [6.45, 7) is 4.18. The second kappa shape index (κ2) is 11.7. The number of fused-ring (bicyclic) bond motifs is 2. The van der Waals surface area contributed by atoms with Crippen LogP contribution in [0, 0.1) is 35.0 Å². The van der Waals surface area contributed by atoms with E-state index in [9.17, 15) is 15.0 Å². The number of aliphatic hydroxyl groups excluding tert-OH is 1. The van der Waals surface area contributed by atoms with Crippen LogP contribution in [0.4, 0.5) is 0 Å². The minimum atomic E-state index is -0.611. The molecule has 8 nitrogen and oxygen atoms in total. The molecule has 5 N–H and O–H groups in total. The molecule has 6 unspecified atom stereocenters. The minimum absolute atomic E-state index is 0.0488. The van der Waals surface area contributed by atoms with Gasteiger partial charge in [-0.05, 0) is 55.2 Å². The van der Waals surface area contributed by atoms with Crippen molar-refractivity contribution in [1.29, 1.82) is 0 Å². The summed E-state index contributed by atoms with van der Waals surface area (Å²) in [5.41, 5.74) is 6.53. The molecule has 1 saturated carbocycles. The van der Waals surface area contributed by atoms with Crippen molar-refractivity contribution in [1.82, 2.24) is 5.32 Å². The predicted octanol–water partition coefficient (Wildman–Crippen LogP) is 2.61. The van der Waals surface area contributed by atoms with Gasteiger partial charge in [-0.1, -0.05) is 18.9 Å². The molecule has 0 radical (unpaired) electrons. The number of aromatic hydroxyl groups is 1. The summed E-state index contributed by atoms with van der Waals surface area (Å²) in [6, 6.07) is 5.22. The fourth-order valence-electron chi connectivity index (χ4n) is 5.46. The van der Waals surface area contributed by atoms with Crippen LogP contribution in [0.25, 0.3) is 0 Å². The van der Waals surface area contributed by atoms with Crippen molar-refractivity contribution in [2.45, 2.75) is 64.6 Å². The SMILES string of the molecule is CN=C(N)NCC12C#CCC(Cc3ccc(O)c(OC)c3)C(OC(C)=O)CC(O)C(CCC1C)C2. The number of nitrogens with zero attached hydrogens (tertiary/aromatic N) is 1. The van der Waals surface area contributed by atoms with E-state index < -0.39 is 12.2 Å². The van der Waals surface area contributed by atoms with Gasteiger partial charge in [0.15, 0.2) is 17.5 Å². The molecular weight excluding hydrogens is 446 g/mol. The second-order valence-corrected chi connectivity index (χ2v) is 9.99. The maximum Gasteiger partial charge on any atom is 0.302 e. The smallest absolute Gasteiger partial charge is 0.302 e. The molecule has 35 heavy (non-hydrogen) atoms. The first-order valence-electron chi connectivity index (χ1n) is 12.3. The van der Waals surface area contributed by atoms with Gasteiger partial charge >= 0.3 is 5.97 Å². The molecule has 6 atom stereocenters. The standard InChI is InChI=1S/C27H39N3O5/c1-17-7-9-21-15-27(17,16-30-26(28)29-3)11-5-6-20(24(14-23(21)33)35-18(2)31)12-19-8-10-22(32)25(13-19)34-4/h8,10,13,17,20-21,23-24,32-33H,6-7,9,12,14-16H2,1-4H3,(H3,28,29,30). The fourth-order valence-corrected chi connectivity index (χ4v) is 5.46. The number of esters is 1. The molecule has 1 aromatic rings. The average Bonchev–Trinajstić information content (AvgIpc) is 2.83. The largest absolute Gasteiger partial charge is 0.504 e. The number of nitrogens with one attached hydrogen (secondary N) is 1. The normalized spacial score (nSPS) is 31.0. The molecular formula is C27H39N3O5. The molecule has 2 aliphatic rings. The number of aliphatic hydroxyl groups is 1. The number of ether oxygens (including phenoxy) is 2. The number of aliphatic imine (C=N–C) groups is 1. The number of guanidine groups is 1. The highest BCUT2D eigenvalue weighted by atomic mass is 16.5. The van der Waals surface area contributed by atoms with Crippen molar-refractivity contribution in [2.24, 2.45) is 33.9 Å². The summed E-state index contributed by atoms with van der Waals surface area (Å²) in [7, 11) is 3.16. The van der Waals surface area contributed by atoms with Gasteiger partial charge in [-0.15, -0.1) is 5.92 Å². The Balaban J connectivity index is 1.97. The van der Waals surface area contributed by atoms with E-state index in [-0.39, 0.29) is 29.0 Å². The molecule has 3 rings (SSSR count). The predicted molar refractivity (Wildman–Crippen MR) is 135 cm³/mol. The third-order valence-corrected chi connectivity index (χ3v) is 7.67. The maximum absolute atomic E-state index is 12.0. The first-order chi connectivity index (χ1) is 16.7. The number of phenolic OH excluding ortho intramolecular Hbond substituents is 1. The Labute approximate surface area is 208 Å². The Morgan fingerprint density at radius 3 is 2.83 bits per heavy atom.